The first kappa shape index (κ1) is 14.3. The molecule has 0 radical (unpaired) electrons. The molecular formula is C13H16N4O2S. The highest BCUT2D eigenvalue weighted by molar-refractivity contribution is 7.92. The Morgan fingerprint density at radius 2 is 1.70 bits per heavy atom. The fourth-order valence-corrected chi connectivity index (χ4v) is 3.50. The van der Waals surface area contributed by atoms with Crippen LogP contribution in [-0.4, -0.2) is 18.4 Å². The Labute approximate surface area is 118 Å². The predicted octanol–water partition coefficient (Wildman–Crippen LogP) is 1.78. The van der Waals surface area contributed by atoms with E-state index in [1.54, 1.807) is 26.0 Å². The van der Waals surface area contributed by atoms with Gasteiger partial charge in [-0.05, 0) is 49.6 Å². The molecule has 0 unspecified atom stereocenters. The summed E-state index contributed by atoms with van der Waals surface area (Å²) in [6, 6.07) is 3.38. The van der Waals surface area contributed by atoms with Crippen molar-refractivity contribution in [3.8, 4) is 0 Å². The van der Waals surface area contributed by atoms with E-state index in [0.29, 0.717) is 16.8 Å². The molecule has 106 valence electrons. The summed E-state index contributed by atoms with van der Waals surface area (Å²) in [7, 11) is -3.77. The molecule has 6 nitrogen and oxygen atoms in total. The zero-order valence-corrected chi connectivity index (χ0v) is 12.3. The summed E-state index contributed by atoms with van der Waals surface area (Å²) < 4.78 is 27.4. The maximum absolute atomic E-state index is 12.5. The molecule has 0 amide bonds. The van der Waals surface area contributed by atoms with Gasteiger partial charge in [-0.2, -0.15) is 0 Å². The van der Waals surface area contributed by atoms with Gasteiger partial charge in [0.05, 0.1) is 4.90 Å². The molecule has 0 aliphatic carbocycles. The molecule has 0 saturated carbocycles. The van der Waals surface area contributed by atoms with Crippen molar-refractivity contribution in [2.75, 3.05) is 10.5 Å². The van der Waals surface area contributed by atoms with Crippen LogP contribution in [0.2, 0.25) is 0 Å². The number of nitrogen functional groups attached to an aromatic ring is 1. The summed E-state index contributed by atoms with van der Waals surface area (Å²) in [5, 5.41) is 0. The van der Waals surface area contributed by atoms with Crippen molar-refractivity contribution in [3.63, 3.8) is 0 Å². The number of nitrogens with zero attached hydrogens (tertiary/aromatic N) is 2. The van der Waals surface area contributed by atoms with Crippen molar-refractivity contribution in [1.82, 2.24) is 9.97 Å². The number of nitrogens with two attached hydrogens (primary N) is 1. The van der Waals surface area contributed by atoms with Crippen LogP contribution in [0.25, 0.3) is 0 Å². The van der Waals surface area contributed by atoms with Gasteiger partial charge < -0.3 is 5.73 Å². The average Bonchev–Trinajstić information content (AvgIpc) is 2.37. The highest BCUT2D eigenvalue weighted by Gasteiger charge is 2.23. The molecular weight excluding hydrogens is 276 g/mol. The number of hydrogen-bond donors (Lipinski definition) is 2. The molecule has 1 aromatic heterocycles. The van der Waals surface area contributed by atoms with Crippen LogP contribution < -0.4 is 10.5 Å². The zero-order chi connectivity index (χ0) is 14.9. The third-order valence-electron chi connectivity index (χ3n) is 3.14. The van der Waals surface area contributed by atoms with Crippen LogP contribution >= 0.6 is 0 Å². The van der Waals surface area contributed by atoms with Gasteiger partial charge in [0, 0.05) is 18.1 Å². The number of rotatable bonds is 3. The van der Waals surface area contributed by atoms with Crippen LogP contribution in [0.5, 0.6) is 0 Å². The molecule has 7 heteroatoms. The maximum atomic E-state index is 12.5. The molecule has 0 fully saturated rings. The molecule has 2 rings (SSSR count). The molecule has 1 aromatic carbocycles. The van der Waals surface area contributed by atoms with E-state index in [9.17, 15) is 8.42 Å². The number of hydrogen-bond acceptors (Lipinski definition) is 5. The number of aryl methyl sites for hydroxylation is 1. The van der Waals surface area contributed by atoms with Crippen molar-refractivity contribution < 1.29 is 8.42 Å². The molecule has 0 aliphatic rings. The molecule has 20 heavy (non-hydrogen) atoms. The second kappa shape index (κ2) is 5.09. The van der Waals surface area contributed by atoms with E-state index in [1.165, 1.54) is 12.4 Å². The van der Waals surface area contributed by atoms with E-state index in [4.69, 9.17) is 5.73 Å². The van der Waals surface area contributed by atoms with Crippen molar-refractivity contribution in [2.45, 2.75) is 25.7 Å². The number of aromatic nitrogens is 2. The summed E-state index contributed by atoms with van der Waals surface area (Å²) in [5.41, 5.74) is 8.32. The summed E-state index contributed by atoms with van der Waals surface area (Å²) >= 11 is 0. The minimum atomic E-state index is -3.77. The normalized spacial score (nSPS) is 11.3. The Kier molecular flexibility index (Phi) is 3.63. The third-order valence-corrected chi connectivity index (χ3v) is 4.74. The Balaban J connectivity index is 2.56. The second-order valence-electron chi connectivity index (χ2n) is 4.54. The molecule has 0 spiro atoms. The molecule has 2 aromatic rings. The highest BCUT2D eigenvalue weighted by atomic mass is 32.2. The first-order chi connectivity index (χ1) is 9.33. The molecule has 1 heterocycles. The molecule has 0 bridgehead atoms. The molecule has 0 atom stereocenters. The Hall–Kier alpha value is -2.15. The topological polar surface area (TPSA) is 98.0 Å². The standard InChI is InChI=1S/C13H16N4O2S/c1-8-7-11(14)10(3)12(9(8)2)20(18,19)17-13-15-5-4-6-16-13/h4-7H,14H2,1-3H3,(H,15,16,17). The Morgan fingerprint density at radius 3 is 2.30 bits per heavy atom. The van der Waals surface area contributed by atoms with Gasteiger partial charge in [-0.25, -0.2) is 23.1 Å². The van der Waals surface area contributed by atoms with Crippen molar-refractivity contribution >= 4 is 21.7 Å². The Bertz CT molecular complexity index is 716. The van der Waals surface area contributed by atoms with Gasteiger partial charge in [0.2, 0.25) is 5.95 Å². The summed E-state index contributed by atoms with van der Waals surface area (Å²) in [6.07, 6.45) is 2.93. The van der Waals surface area contributed by atoms with E-state index in [0.717, 1.165) is 5.56 Å². The SMILES string of the molecule is Cc1cc(N)c(C)c(S(=O)(=O)Nc2ncccn2)c1C. The minimum Gasteiger partial charge on any atom is -0.398 e. The lowest BCUT2D eigenvalue weighted by Gasteiger charge is -2.15. The van der Waals surface area contributed by atoms with Gasteiger partial charge >= 0.3 is 0 Å². The van der Waals surface area contributed by atoms with Gasteiger partial charge in [-0.1, -0.05) is 0 Å². The monoisotopic (exact) mass is 292 g/mol. The van der Waals surface area contributed by atoms with E-state index in [2.05, 4.69) is 14.7 Å². The van der Waals surface area contributed by atoms with Gasteiger partial charge in [-0.3, -0.25) is 0 Å². The Morgan fingerprint density at radius 1 is 1.10 bits per heavy atom. The lowest BCUT2D eigenvalue weighted by atomic mass is 10.1. The molecule has 0 aliphatic heterocycles. The van der Waals surface area contributed by atoms with E-state index >= 15 is 0 Å². The fourth-order valence-electron chi connectivity index (χ4n) is 1.97. The summed E-state index contributed by atoms with van der Waals surface area (Å²) in [6.45, 7) is 5.26. The smallest absolute Gasteiger partial charge is 0.264 e. The van der Waals surface area contributed by atoms with E-state index in [-0.39, 0.29) is 10.8 Å². The van der Waals surface area contributed by atoms with Crippen molar-refractivity contribution in [3.05, 3.63) is 41.2 Å². The number of nitrogens with one attached hydrogen (secondary N) is 1. The molecule has 0 saturated heterocycles. The maximum Gasteiger partial charge on any atom is 0.264 e. The number of anilines is 2. The second-order valence-corrected chi connectivity index (χ2v) is 6.16. The van der Waals surface area contributed by atoms with Gasteiger partial charge in [0.25, 0.3) is 10.0 Å². The fraction of sp³-hybridized carbons (Fsp3) is 0.231. The highest BCUT2D eigenvalue weighted by Crippen LogP contribution is 2.28. The lowest BCUT2D eigenvalue weighted by Crippen LogP contribution is -2.18. The summed E-state index contributed by atoms with van der Waals surface area (Å²) in [4.78, 5) is 7.90. The van der Waals surface area contributed by atoms with Crippen molar-refractivity contribution in [2.24, 2.45) is 0 Å². The van der Waals surface area contributed by atoms with E-state index in [1.807, 2.05) is 6.92 Å². The van der Waals surface area contributed by atoms with Crippen LogP contribution in [0.1, 0.15) is 16.7 Å². The average molecular weight is 292 g/mol. The third kappa shape index (κ3) is 2.57. The van der Waals surface area contributed by atoms with Gasteiger partial charge in [0.1, 0.15) is 0 Å². The van der Waals surface area contributed by atoms with Crippen molar-refractivity contribution in [1.29, 1.82) is 0 Å². The zero-order valence-electron chi connectivity index (χ0n) is 11.5. The van der Waals surface area contributed by atoms with Crippen LogP contribution in [0, 0.1) is 20.8 Å². The summed E-state index contributed by atoms with van der Waals surface area (Å²) in [5.74, 6) is 0.0337. The predicted molar refractivity (Wildman–Crippen MR) is 77.9 cm³/mol. The van der Waals surface area contributed by atoms with Crippen LogP contribution in [0.15, 0.2) is 29.4 Å². The van der Waals surface area contributed by atoms with Gasteiger partial charge in [-0.15, -0.1) is 0 Å². The van der Waals surface area contributed by atoms with Crippen LogP contribution in [-0.2, 0) is 10.0 Å². The first-order valence-electron chi connectivity index (χ1n) is 5.99. The quantitative estimate of drug-likeness (QED) is 0.840. The van der Waals surface area contributed by atoms with Crippen LogP contribution in [0.3, 0.4) is 0 Å². The molecule has 3 N–H and O–H groups in total. The number of sulfonamides is 1. The largest absolute Gasteiger partial charge is 0.398 e. The number of benzene rings is 1. The lowest BCUT2D eigenvalue weighted by molar-refractivity contribution is 0.599. The van der Waals surface area contributed by atoms with Crippen LogP contribution in [0.4, 0.5) is 11.6 Å². The first-order valence-corrected chi connectivity index (χ1v) is 7.47. The minimum absolute atomic E-state index is 0.0337. The van der Waals surface area contributed by atoms with Gasteiger partial charge in [0.15, 0.2) is 0 Å². The van der Waals surface area contributed by atoms with E-state index < -0.39 is 10.0 Å².